The van der Waals surface area contributed by atoms with Crippen molar-refractivity contribution in [1.82, 2.24) is 4.90 Å². The predicted octanol–water partition coefficient (Wildman–Crippen LogP) is 1.63. The molecule has 1 N–H and O–H groups in total. The van der Waals surface area contributed by atoms with Gasteiger partial charge >= 0.3 is 5.97 Å². The zero-order valence-electron chi connectivity index (χ0n) is 9.95. The zero-order valence-corrected chi connectivity index (χ0v) is 9.95. The van der Waals surface area contributed by atoms with E-state index in [0.29, 0.717) is 19.5 Å². The third-order valence-corrected chi connectivity index (χ3v) is 3.07. The monoisotopic (exact) mass is 245 g/mol. The second-order valence-corrected chi connectivity index (χ2v) is 4.35. The Labute approximate surface area is 106 Å². The van der Waals surface area contributed by atoms with E-state index in [1.807, 2.05) is 30.3 Å². The minimum Gasteiger partial charge on any atom is -0.481 e. The van der Waals surface area contributed by atoms with Gasteiger partial charge in [-0.05, 0) is 18.1 Å². The molecule has 4 heteroatoms. The molecule has 18 heavy (non-hydrogen) atoms. The molecule has 1 aromatic rings. The van der Waals surface area contributed by atoms with Gasteiger partial charge in [0.1, 0.15) is 0 Å². The number of likely N-dealkylation sites (tertiary alicyclic amines) is 1. The minimum atomic E-state index is -0.822. The summed E-state index contributed by atoms with van der Waals surface area (Å²) in [6, 6.07) is 9.54. The fourth-order valence-corrected chi connectivity index (χ4v) is 2.00. The number of rotatable bonds is 3. The Hall–Kier alpha value is -2.10. The van der Waals surface area contributed by atoms with Gasteiger partial charge in [-0.1, -0.05) is 30.3 Å². The van der Waals surface area contributed by atoms with Gasteiger partial charge in [0.2, 0.25) is 5.91 Å². The first-order valence-electron chi connectivity index (χ1n) is 5.91. The van der Waals surface area contributed by atoms with E-state index in [4.69, 9.17) is 5.11 Å². The first-order chi connectivity index (χ1) is 8.66. The van der Waals surface area contributed by atoms with Crippen molar-refractivity contribution in [2.75, 3.05) is 13.1 Å². The van der Waals surface area contributed by atoms with E-state index in [9.17, 15) is 9.59 Å². The Kier molecular flexibility index (Phi) is 3.77. The summed E-state index contributed by atoms with van der Waals surface area (Å²) in [5, 5.41) is 8.86. The lowest BCUT2D eigenvalue weighted by Crippen LogP contribution is -2.28. The van der Waals surface area contributed by atoms with Gasteiger partial charge in [-0.2, -0.15) is 0 Å². The van der Waals surface area contributed by atoms with Crippen LogP contribution in [-0.4, -0.2) is 35.0 Å². The first kappa shape index (κ1) is 12.4. The average Bonchev–Trinajstić information content (AvgIpc) is 2.87. The largest absolute Gasteiger partial charge is 0.481 e. The molecule has 1 amide bonds. The molecule has 1 aromatic carbocycles. The van der Waals surface area contributed by atoms with E-state index in [1.165, 1.54) is 6.08 Å². The quantitative estimate of drug-likeness (QED) is 0.823. The molecule has 0 aromatic heterocycles. The van der Waals surface area contributed by atoms with Gasteiger partial charge in [-0.15, -0.1) is 0 Å². The number of benzene rings is 1. The molecule has 4 nitrogen and oxygen atoms in total. The lowest BCUT2D eigenvalue weighted by molar-refractivity contribution is -0.141. The van der Waals surface area contributed by atoms with E-state index in [2.05, 4.69) is 0 Å². The molecule has 1 fully saturated rings. The Balaban J connectivity index is 1.93. The second kappa shape index (κ2) is 5.49. The van der Waals surface area contributed by atoms with Crippen LogP contribution in [0.1, 0.15) is 12.0 Å². The van der Waals surface area contributed by atoms with Crippen LogP contribution < -0.4 is 0 Å². The smallest absolute Gasteiger partial charge is 0.308 e. The van der Waals surface area contributed by atoms with Crippen LogP contribution in [0, 0.1) is 5.92 Å². The van der Waals surface area contributed by atoms with E-state index in [1.54, 1.807) is 11.0 Å². The van der Waals surface area contributed by atoms with Crippen LogP contribution in [0.4, 0.5) is 0 Å². The van der Waals surface area contributed by atoms with Gasteiger partial charge in [-0.25, -0.2) is 0 Å². The number of amides is 1. The molecule has 0 radical (unpaired) electrons. The molecular formula is C14H15NO3. The molecule has 1 aliphatic heterocycles. The van der Waals surface area contributed by atoms with Crippen molar-refractivity contribution in [3.63, 3.8) is 0 Å². The lowest BCUT2D eigenvalue weighted by atomic mass is 10.1. The van der Waals surface area contributed by atoms with Crippen LogP contribution in [0.15, 0.2) is 36.4 Å². The average molecular weight is 245 g/mol. The van der Waals surface area contributed by atoms with Crippen LogP contribution in [0.5, 0.6) is 0 Å². The normalized spacial score (nSPS) is 19.3. The van der Waals surface area contributed by atoms with E-state index in [0.717, 1.165) is 5.56 Å². The van der Waals surface area contributed by atoms with Crippen molar-refractivity contribution in [1.29, 1.82) is 0 Å². The number of hydrogen-bond donors (Lipinski definition) is 1. The summed E-state index contributed by atoms with van der Waals surface area (Å²) in [7, 11) is 0. The number of carbonyl (C=O) groups excluding carboxylic acids is 1. The zero-order chi connectivity index (χ0) is 13.0. The van der Waals surface area contributed by atoms with E-state index in [-0.39, 0.29) is 5.91 Å². The summed E-state index contributed by atoms with van der Waals surface area (Å²) in [6.07, 6.45) is 3.79. The maximum absolute atomic E-state index is 11.8. The van der Waals surface area contributed by atoms with Crippen LogP contribution in [0.3, 0.4) is 0 Å². The van der Waals surface area contributed by atoms with Crippen molar-refractivity contribution >= 4 is 18.0 Å². The third-order valence-electron chi connectivity index (χ3n) is 3.07. The Morgan fingerprint density at radius 3 is 2.61 bits per heavy atom. The third kappa shape index (κ3) is 2.97. The number of carboxylic acid groups (broad SMARTS) is 1. The molecule has 0 bridgehead atoms. The molecule has 1 saturated heterocycles. The Bertz CT molecular complexity index is 467. The van der Waals surface area contributed by atoms with Crippen molar-refractivity contribution in [2.24, 2.45) is 5.92 Å². The number of carboxylic acids is 1. The minimum absolute atomic E-state index is 0.123. The van der Waals surface area contributed by atoms with Gasteiger partial charge in [0.05, 0.1) is 5.92 Å². The number of nitrogens with zero attached hydrogens (tertiary/aromatic N) is 1. The maximum atomic E-state index is 11.8. The van der Waals surface area contributed by atoms with Crippen molar-refractivity contribution in [2.45, 2.75) is 6.42 Å². The molecule has 94 valence electrons. The predicted molar refractivity (Wildman–Crippen MR) is 67.8 cm³/mol. The highest BCUT2D eigenvalue weighted by Gasteiger charge is 2.29. The highest BCUT2D eigenvalue weighted by molar-refractivity contribution is 5.92. The van der Waals surface area contributed by atoms with E-state index < -0.39 is 11.9 Å². The van der Waals surface area contributed by atoms with Gasteiger partial charge in [0.15, 0.2) is 0 Å². The molecule has 2 rings (SSSR count). The summed E-state index contributed by atoms with van der Waals surface area (Å²) in [5.74, 6) is -1.36. The topological polar surface area (TPSA) is 57.6 Å². The van der Waals surface area contributed by atoms with Crippen LogP contribution in [-0.2, 0) is 9.59 Å². The molecule has 0 saturated carbocycles. The summed E-state index contributed by atoms with van der Waals surface area (Å²) in [4.78, 5) is 24.2. The Morgan fingerprint density at radius 2 is 2.00 bits per heavy atom. The van der Waals surface area contributed by atoms with Crippen LogP contribution in [0.25, 0.3) is 6.08 Å². The lowest BCUT2D eigenvalue weighted by Gasteiger charge is -2.12. The summed E-state index contributed by atoms with van der Waals surface area (Å²) in [5.41, 5.74) is 0.958. The van der Waals surface area contributed by atoms with Gasteiger partial charge in [0, 0.05) is 19.2 Å². The molecule has 0 spiro atoms. The molecule has 1 unspecified atom stereocenters. The fraction of sp³-hybridized carbons (Fsp3) is 0.286. The van der Waals surface area contributed by atoms with E-state index >= 15 is 0 Å². The highest BCUT2D eigenvalue weighted by atomic mass is 16.4. The molecule has 0 aliphatic carbocycles. The van der Waals surface area contributed by atoms with Crippen molar-refractivity contribution in [3.8, 4) is 0 Å². The van der Waals surface area contributed by atoms with Crippen molar-refractivity contribution in [3.05, 3.63) is 42.0 Å². The number of carbonyl (C=O) groups is 2. The van der Waals surface area contributed by atoms with Gasteiger partial charge < -0.3 is 10.0 Å². The number of hydrogen-bond acceptors (Lipinski definition) is 2. The second-order valence-electron chi connectivity index (χ2n) is 4.35. The first-order valence-corrected chi connectivity index (χ1v) is 5.91. The molecule has 1 aliphatic rings. The fourth-order valence-electron chi connectivity index (χ4n) is 2.00. The van der Waals surface area contributed by atoms with Crippen LogP contribution >= 0.6 is 0 Å². The van der Waals surface area contributed by atoms with Crippen molar-refractivity contribution < 1.29 is 14.7 Å². The highest BCUT2D eigenvalue weighted by Crippen LogP contribution is 2.16. The SMILES string of the molecule is O=C(O)C1CCN(C(=O)/C=C/c2ccccc2)C1. The molecule has 1 heterocycles. The van der Waals surface area contributed by atoms with Gasteiger partial charge in [0.25, 0.3) is 0 Å². The summed E-state index contributed by atoms with van der Waals surface area (Å²) >= 11 is 0. The Morgan fingerprint density at radius 1 is 1.28 bits per heavy atom. The van der Waals surface area contributed by atoms with Gasteiger partial charge in [-0.3, -0.25) is 9.59 Å². The summed E-state index contributed by atoms with van der Waals surface area (Å²) < 4.78 is 0. The summed E-state index contributed by atoms with van der Waals surface area (Å²) in [6.45, 7) is 0.836. The molecule has 1 atom stereocenters. The standard InChI is InChI=1S/C14H15NO3/c16-13(7-6-11-4-2-1-3-5-11)15-9-8-12(10-15)14(17)18/h1-7,12H,8-10H2,(H,17,18)/b7-6+. The number of aliphatic carboxylic acids is 1. The van der Waals surface area contributed by atoms with Crippen LogP contribution in [0.2, 0.25) is 0 Å². The molecular weight excluding hydrogens is 230 g/mol. The maximum Gasteiger partial charge on any atom is 0.308 e.